The summed E-state index contributed by atoms with van der Waals surface area (Å²) < 4.78 is 0. The summed E-state index contributed by atoms with van der Waals surface area (Å²) in [6, 6.07) is 8.72. The van der Waals surface area contributed by atoms with Crippen molar-refractivity contribution in [1.29, 1.82) is 0 Å². The van der Waals surface area contributed by atoms with Gasteiger partial charge in [0.2, 0.25) is 0 Å². The maximum atomic E-state index is 4.54. The number of fused-ring (bicyclic) bond motifs is 1. The largest absolute Gasteiger partial charge is 0.256 e. The first-order valence-corrected chi connectivity index (χ1v) is 6.58. The second kappa shape index (κ2) is 3.97. The lowest BCUT2D eigenvalue weighted by Crippen LogP contribution is -1.86. The van der Waals surface area contributed by atoms with Crippen LogP contribution < -0.4 is 0 Å². The Kier molecular flexibility index (Phi) is 2.45. The fourth-order valence-corrected chi connectivity index (χ4v) is 2.65. The highest BCUT2D eigenvalue weighted by molar-refractivity contribution is 7.08. The lowest BCUT2D eigenvalue weighted by molar-refractivity contribution is 1.33. The van der Waals surface area contributed by atoms with E-state index >= 15 is 0 Å². The highest BCUT2D eigenvalue weighted by atomic mass is 32.1. The van der Waals surface area contributed by atoms with Crippen LogP contribution in [0.1, 0.15) is 11.1 Å². The molecule has 0 radical (unpaired) electrons. The van der Waals surface area contributed by atoms with Crippen molar-refractivity contribution in [3.8, 4) is 11.1 Å². The summed E-state index contributed by atoms with van der Waals surface area (Å²) in [5.41, 5.74) is 6.15. The van der Waals surface area contributed by atoms with Crippen LogP contribution in [0.15, 0.2) is 41.2 Å². The second-order valence-corrected chi connectivity index (χ2v) is 5.15. The van der Waals surface area contributed by atoms with Crippen LogP contribution in [0.4, 0.5) is 0 Å². The number of hydrogen-bond donors (Lipinski definition) is 0. The molecule has 1 aromatic carbocycles. The van der Waals surface area contributed by atoms with Crippen LogP contribution in [0, 0.1) is 13.8 Å². The Morgan fingerprint density at radius 1 is 1.00 bits per heavy atom. The molecule has 2 heteroatoms. The van der Waals surface area contributed by atoms with E-state index in [-0.39, 0.29) is 0 Å². The van der Waals surface area contributed by atoms with Gasteiger partial charge in [-0.15, -0.1) is 0 Å². The van der Waals surface area contributed by atoms with E-state index in [0.717, 1.165) is 5.52 Å². The number of nitrogens with zero attached hydrogens (tertiary/aromatic N) is 1. The first-order chi connectivity index (χ1) is 8.24. The van der Waals surface area contributed by atoms with Crippen molar-refractivity contribution < 1.29 is 0 Å². The zero-order valence-electron chi connectivity index (χ0n) is 9.90. The standard InChI is InChI=1S/C15H13NS/c1-10-5-13-7-14(12-3-4-17-9-12)8-16-15(13)6-11(10)2/h3-9H,1-2H3. The number of hydrogen-bond acceptors (Lipinski definition) is 2. The van der Waals surface area contributed by atoms with Gasteiger partial charge in [0.25, 0.3) is 0 Å². The Balaban J connectivity index is 2.22. The summed E-state index contributed by atoms with van der Waals surface area (Å²) in [6.45, 7) is 4.27. The highest BCUT2D eigenvalue weighted by Gasteiger charge is 2.03. The smallest absolute Gasteiger partial charge is 0.0705 e. The van der Waals surface area contributed by atoms with E-state index in [1.165, 1.54) is 27.6 Å². The van der Waals surface area contributed by atoms with Gasteiger partial charge >= 0.3 is 0 Å². The van der Waals surface area contributed by atoms with Crippen LogP contribution >= 0.6 is 11.3 Å². The first-order valence-electron chi connectivity index (χ1n) is 5.63. The van der Waals surface area contributed by atoms with Gasteiger partial charge in [0.05, 0.1) is 5.52 Å². The molecule has 2 aromatic heterocycles. The van der Waals surface area contributed by atoms with Gasteiger partial charge in [-0.3, -0.25) is 4.98 Å². The normalized spacial score (nSPS) is 10.9. The maximum absolute atomic E-state index is 4.54. The Hall–Kier alpha value is -1.67. The summed E-state index contributed by atoms with van der Waals surface area (Å²) in [6.07, 6.45) is 1.96. The summed E-state index contributed by atoms with van der Waals surface area (Å²) in [7, 11) is 0. The number of aromatic nitrogens is 1. The lowest BCUT2D eigenvalue weighted by atomic mass is 10.0. The van der Waals surface area contributed by atoms with Crippen molar-refractivity contribution >= 4 is 22.2 Å². The minimum Gasteiger partial charge on any atom is -0.256 e. The third-order valence-corrected chi connectivity index (χ3v) is 3.83. The molecule has 0 atom stereocenters. The topological polar surface area (TPSA) is 12.9 Å². The van der Waals surface area contributed by atoms with Crippen LogP contribution in [-0.4, -0.2) is 4.98 Å². The molecule has 84 valence electrons. The quantitative estimate of drug-likeness (QED) is 0.605. The van der Waals surface area contributed by atoms with Gasteiger partial charge in [-0.05, 0) is 65.6 Å². The molecule has 0 spiro atoms. The molecule has 2 heterocycles. The molecular weight excluding hydrogens is 226 g/mol. The minimum atomic E-state index is 1.08. The van der Waals surface area contributed by atoms with Crippen LogP contribution in [0.3, 0.4) is 0 Å². The van der Waals surface area contributed by atoms with E-state index in [0.29, 0.717) is 0 Å². The molecule has 0 fully saturated rings. The summed E-state index contributed by atoms with van der Waals surface area (Å²) in [5.74, 6) is 0. The summed E-state index contributed by atoms with van der Waals surface area (Å²) in [5, 5.41) is 5.47. The third-order valence-electron chi connectivity index (χ3n) is 3.15. The average Bonchev–Trinajstić information content (AvgIpc) is 2.83. The van der Waals surface area contributed by atoms with Crippen LogP contribution in [0.2, 0.25) is 0 Å². The maximum Gasteiger partial charge on any atom is 0.0705 e. The molecule has 0 unspecified atom stereocenters. The fraction of sp³-hybridized carbons (Fsp3) is 0.133. The van der Waals surface area contributed by atoms with E-state index in [4.69, 9.17) is 0 Å². The van der Waals surface area contributed by atoms with Gasteiger partial charge in [0.15, 0.2) is 0 Å². The number of rotatable bonds is 1. The summed E-state index contributed by atoms with van der Waals surface area (Å²) >= 11 is 1.72. The fourth-order valence-electron chi connectivity index (χ4n) is 1.98. The molecule has 17 heavy (non-hydrogen) atoms. The summed E-state index contributed by atoms with van der Waals surface area (Å²) in [4.78, 5) is 4.54. The first kappa shape index (κ1) is 10.5. The van der Waals surface area contributed by atoms with Crippen molar-refractivity contribution in [3.05, 3.63) is 52.3 Å². The van der Waals surface area contributed by atoms with Crippen molar-refractivity contribution in [2.24, 2.45) is 0 Å². The number of thiophene rings is 1. The molecule has 0 N–H and O–H groups in total. The van der Waals surface area contributed by atoms with Crippen molar-refractivity contribution in [3.63, 3.8) is 0 Å². The van der Waals surface area contributed by atoms with Crippen molar-refractivity contribution in [2.75, 3.05) is 0 Å². The Bertz CT molecular complexity index is 669. The van der Waals surface area contributed by atoms with Crippen molar-refractivity contribution in [2.45, 2.75) is 13.8 Å². The third kappa shape index (κ3) is 1.85. The monoisotopic (exact) mass is 239 g/mol. The van der Waals surface area contributed by atoms with Crippen LogP contribution in [-0.2, 0) is 0 Å². The number of benzene rings is 1. The zero-order valence-corrected chi connectivity index (χ0v) is 10.7. The van der Waals surface area contributed by atoms with E-state index in [1.807, 2.05) is 6.20 Å². The molecule has 1 nitrogen and oxygen atoms in total. The van der Waals surface area contributed by atoms with Crippen LogP contribution in [0.5, 0.6) is 0 Å². The van der Waals surface area contributed by atoms with Gasteiger partial charge in [-0.25, -0.2) is 0 Å². The molecular formula is C15H13NS. The van der Waals surface area contributed by atoms with E-state index in [9.17, 15) is 0 Å². The van der Waals surface area contributed by atoms with E-state index in [2.05, 4.69) is 53.9 Å². The number of pyridine rings is 1. The van der Waals surface area contributed by atoms with Crippen molar-refractivity contribution in [1.82, 2.24) is 4.98 Å². The molecule has 0 aliphatic carbocycles. The zero-order chi connectivity index (χ0) is 11.8. The molecule has 0 amide bonds. The Morgan fingerprint density at radius 2 is 1.82 bits per heavy atom. The van der Waals surface area contributed by atoms with Gasteiger partial charge in [-0.2, -0.15) is 11.3 Å². The van der Waals surface area contributed by atoms with Crippen LogP contribution in [0.25, 0.3) is 22.0 Å². The second-order valence-electron chi connectivity index (χ2n) is 4.37. The molecule has 3 rings (SSSR count). The Labute approximate surface area is 105 Å². The van der Waals surface area contributed by atoms with Gasteiger partial charge in [0, 0.05) is 17.1 Å². The van der Waals surface area contributed by atoms with E-state index < -0.39 is 0 Å². The van der Waals surface area contributed by atoms with E-state index in [1.54, 1.807) is 11.3 Å². The molecule has 0 saturated carbocycles. The minimum absolute atomic E-state index is 1.08. The molecule has 0 aliphatic heterocycles. The number of aryl methyl sites for hydroxylation is 2. The molecule has 0 aliphatic rings. The SMILES string of the molecule is Cc1cc2cc(-c3ccsc3)cnc2cc1C. The lowest BCUT2D eigenvalue weighted by Gasteiger charge is -2.05. The molecule has 3 aromatic rings. The van der Waals surface area contributed by atoms with Gasteiger partial charge < -0.3 is 0 Å². The average molecular weight is 239 g/mol. The Morgan fingerprint density at radius 3 is 2.59 bits per heavy atom. The molecule has 0 saturated heterocycles. The predicted molar refractivity (Wildman–Crippen MR) is 74.5 cm³/mol. The predicted octanol–water partition coefficient (Wildman–Crippen LogP) is 4.58. The molecule has 0 bridgehead atoms. The van der Waals surface area contributed by atoms with Gasteiger partial charge in [-0.1, -0.05) is 0 Å². The highest BCUT2D eigenvalue weighted by Crippen LogP contribution is 2.26. The van der Waals surface area contributed by atoms with Gasteiger partial charge in [0.1, 0.15) is 0 Å².